The predicted molar refractivity (Wildman–Crippen MR) is 85.1 cm³/mol. The lowest BCUT2D eigenvalue weighted by Crippen LogP contribution is -2.48. The minimum atomic E-state index is -0.547. The van der Waals surface area contributed by atoms with E-state index in [1.165, 1.54) is 0 Å². The fourth-order valence-electron chi connectivity index (χ4n) is 1.65. The number of aliphatic hydroxyl groups is 1. The lowest BCUT2D eigenvalue weighted by Gasteiger charge is -2.33. The molecule has 0 aliphatic carbocycles. The van der Waals surface area contributed by atoms with Gasteiger partial charge in [-0.2, -0.15) is 0 Å². The van der Waals surface area contributed by atoms with Crippen LogP contribution in [0.5, 0.6) is 11.5 Å². The van der Waals surface area contributed by atoms with Gasteiger partial charge in [0.2, 0.25) is 0 Å². The summed E-state index contributed by atoms with van der Waals surface area (Å²) in [6, 6.07) is 7.36. The van der Waals surface area contributed by atoms with Gasteiger partial charge in [-0.05, 0) is 40.1 Å². The molecule has 1 aromatic carbocycles. The Balaban J connectivity index is 2.29. The van der Waals surface area contributed by atoms with Gasteiger partial charge in [-0.25, -0.2) is 0 Å². The molecule has 2 N–H and O–H groups in total. The van der Waals surface area contributed by atoms with Crippen molar-refractivity contribution < 1.29 is 14.6 Å². The Morgan fingerprint density at radius 1 is 1.29 bits per heavy atom. The number of hydrogen-bond donors (Lipinski definition) is 2. The summed E-state index contributed by atoms with van der Waals surface area (Å²) in [5, 5.41) is 13.2. The molecule has 1 unspecified atom stereocenters. The van der Waals surface area contributed by atoms with Crippen LogP contribution in [0.15, 0.2) is 24.3 Å². The van der Waals surface area contributed by atoms with Crippen LogP contribution in [0.4, 0.5) is 0 Å². The molecule has 5 nitrogen and oxygen atoms in total. The van der Waals surface area contributed by atoms with Gasteiger partial charge >= 0.3 is 0 Å². The van der Waals surface area contributed by atoms with E-state index in [4.69, 9.17) is 9.47 Å². The molecular formula is C16H28N2O3. The molecule has 0 saturated carbocycles. The molecule has 0 amide bonds. The van der Waals surface area contributed by atoms with E-state index in [1.54, 1.807) is 13.2 Å². The molecule has 0 saturated heterocycles. The Bertz CT molecular complexity index is 422. The molecule has 5 heteroatoms. The van der Waals surface area contributed by atoms with Crippen LogP contribution in [0.2, 0.25) is 0 Å². The lowest BCUT2D eigenvalue weighted by atomic mass is 10.0. The first kappa shape index (κ1) is 17.8. The summed E-state index contributed by atoms with van der Waals surface area (Å²) >= 11 is 0. The summed E-state index contributed by atoms with van der Waals surface area (Å²) in [6.07, 6.45) is -0.547. The lowest BCUT2D eigenvalue weighted by molar-refractivity contribution is 0.1000. The highest BCUT2D eigenvalue weighted by atomic mass is 16.5. The van der Waals surface area contributed by atoms with Gasteiger partial charge in [0.05, 0.1) is 7.11 Å². The Morgan fingerprint density at radius 3 is 2.57 bits per heavy atom. The molecule has 1 aromatic rings. The Labute approximate surface area is 127 Å². The molecule has 0 aromatic heterocycles. The molecule has 0 heterocycles. The van der Waals surface area contributed by atoms with Crippen molar-refractivity contribution in [2.45, 2.75) is 25.5 Å². The normalized spacial score (nSPS) is 13.3. The van der Waals surface area contributed by atoms with E-state index < -0.39 is 6.10 Å². The molecule has 21 heavy (non-hydrogen) atoms. The van der Waals surface area contributed by atoms with Crippen molar-refractivity contribution in [2.75, 3.05) is 40.9 Å². The van der Waals surface area contributed by atoms with Crippen LogP contribution in [0, 0.1) is 0 Å². The zero-order valence-electron chi connectivity index (χ0n) is 13.7. The number of likely N-dealkylation sites (N-methyl/N-ethyl adjacent to an activating group) is 1. The SMILES string of the molecule is COc1cccc(OCC(O)CNCC(C)(C)N(C)C)c1. The zero-order chi connectivity index (χ0) is 15.9. The predicted octanol–water partition coefficient (Wildman–Crippen LogP) is 1.36. The van der Waals surface area contributed by atoms with Crippen molar-refractivity contribution in [3.8, 4) is 11.5 Å². The largest absolute Gasteiger partial charge is 0.497 e. The summed E-state index contributed by atoms with van der Waals surface area (Å²) in [5.41, 5.74) is 0.0490. The zero-order valence-corrected chi connectivity index (χ0v) is 13.7. The summed E-state index contributed by atoms with van der Waals surface area (Å²) in [5.74, 6) is 1.44. The van der Waals surface area contributed by atoms with Gasteiger partial charge in [0, 0.05) is 24.7 Å². The molecule has 0 radical (unpaired) electrons. The van der Waals surface area contributed by atoms with E-state index in [1.807, 2.05) is 32.3 Å². The average Bonchev–Trinajstić information content (AvgIpc) is 2.45. The smallest absolute Gasteiger partial charge is 0.123 e. The van der Waals surface area contributed by atoms with E-state index in [0.717, 1.165) is 12.3 Å². The molecular weight excluding hydrogens is 268 g/mol. The quantitative estimate of drug-likeness (QED) is 0.721. The van der Waals surface area contributed by atoms with Crippen molar-refractivity contribution in [3.63, 3.8) is 0 Å². The van der Waals surface area contributed by atoms with Gasteiger partial charge in [0.1, 0.15) is 24.2 Å². The van der Waals surface area contributed by atoms with E-state index in [0.29, 0.717) is 12.3 Å². The third-order valence-electron chi connectivity index (χ3n) is 3.63. The fraction of sp³-hybridized carbons (Fsp3) is 0.625. The summed E-state index contributed by atoms with van der Waals surface area (Å²) in [7, 11) is 5.71. The second-order valence-electron chi connectivity index (χ2n) is 5.98. The monoisotopic (exact) mass is 296 g/mol. The third kappa shape index (κ3) is 6.33. The summed E-state index contributed by atoms with van der Waals surface area (Å²) < 4.78 is 10.7. The molecule has 0 aliphatic heterocycles. The number of nitrogens with zero attached hydrogens (tertiary/aromatic N) is 1. The number of aliphatic hydroxyl groups excluding tert-OH is 1. The molecule has 0 bridgehead atoms. The second-order valence-corrected chi connectivity index (χ2v) is 5.98. The van der Waals surface area contributed by atoms with E-state index in [9.17, 15) is 5.11 Å². The first-order valence-electron chi connectivity index (χ1n) is 7.18. The highest BCUT2D eigenvalue weighted by Crippen LogP contribution is 2.18. The number of methoxy groups -OCH3 is 1. The Hall–Kier alpha value is -1.30. The fourth-order valence-corrected chi connectivity index (χ4v) is 1.65. The maximum Gasteiger partial charge on any atom is 0.123 e. The number of rotatable bonds is 9. The minimum Gasteiger partial charge on any atom is -0.497 e. The number of hydrogen-bond acceptors (Lipinski definition) is 5. The van der Waals surface area contributed by atoms with E-state index in [-0.39, 0.29) is 12.1 Å². The van der Waals surface area contributed by atoms with E-state index in [2.05, 4.69) is 24.1 Å². The van der Waals surface area contributed by atoms with Gasteiger partial charge in [0.15, 0.2) is 0 Å². The van der Waals surface area contributed by atoms with Gasteiger partial charge in [-0.3, -0.25) is 0 Å². The molecule has 1 atom stereocenters. The first-order valence-corrected chi connectivity index (χ1v) is 7.18. The minimum absolute atomic E-state index is 0.0490. The summed E-state index contributed by atoms with van der Waals surface area (Å²) in [6.45, 7) is 5.86. The van der Waals surface area contributed by atoms with Crippen LogP contribution in [0.25, 0.3) is 0 Å². The average molecular weight is 296 g/mol. The maximum absolute atomic E-state index is 9.94. The Morgan fingerprint density at radius 2 is 1.95 bits per heavy atom. The van der Waals surface area contributed by atoms with Crippen LogP contribution in [-0.2, 0) is 0 Å². The number of ether oxygens (including phenoxy) is 2. The third-order valence-corrected chi connectivity index (χ3v) is 3.63. The molecule has 0 spiro atoms. The first-order chi connectivity index (χ1) is 9.85. The molecule has 0 aliphatic rings. The number of nitrogens with one attached hydrogen (secondary N) is 1. The van der Waals surface area contributed by atoms with Crippen molar-refractivity contribution in [3.05, 3.63) is 24.3 Å². The van der Waals surface area contributed by atoms with Crippen molar-refractivity contribution in [1.29, 1.82) is 0 Å². The van der Waals surface area contributed by atoms with Gasteiger partial charge in [-0.15, -0.1) is 0 Å². The maximum atomic E-state index is 9.94. The summed E-state index contributed by atoms with van der Waals surface area (Å²) in [4.78, 5) is 2.15. The van der Waals surface area contributed by atoms with Gasteiger partial charge < -0.3 is 24.8 Å². The van der Waals surface area contributed by atoms with Crippen LogP contribution >= 0.6 is 0 Å². The molecule has 120 valence electrons. The highest BCUT2D eigenvalue weighted by Gasteiger charge is 2.20. The van der Waals surface area contributed by atoms with Crippen LogP contribution in [0.3, 0.4) is 0 Å². The Kier molecular flexibility index (Phi) is 6.95. The number of benzene rings is 1. The highest BCUT2D eigenvalue weighted by molar-refractivity contribution is 5.32. The molecule has 0 fully saturated rings. The van der Waals surface area contributed by atoms with Crippen LogP contribution in [0.1, 0.15) is 13.8 Å². The van der Waals surface area contributed by atoms with Gasteiger partial charge in [0.25, 0.3) is 0 Å². The van der Waals surface area contributed by atoms with E-state index >= 15 is 0 Å². The molecule has 1 rings (SSSR count). The van der Waals surface area contributed by atoms with Crippen LogP contribution < -0.4 is 14.8 Å². The second kappa shape index (κ2) is 8.22. The topological polar surface area (TPSA) is 54.0 Å². The van der Waals surface area contributed by atoms with Crippen LogP contribution in [-0.4, -0.2) is 62.6 Å². The van der Waals surface area contributed by atoms with Crippen molar-refractivity contribution >= 4 is 0 Å². The van der Waals surface area contributed by atoms with Gasteiger partial charge in [-0.1, -0.05) is 6.07 Å². The van der Waals surface area contributed by atoms with Crippen molar-refractivity contribution in [1.82, 2.24) is 10.2 Å². The standard InChI is InChI=1S/C16H28N2O3/c1-16(2,18(3)4)12-17-10-13(19)11-21-15-8-6-7-14(9-15)20-5/h6-9,13,17,19H,10-12H2,1-5H3. The van der Waals surface area contributed by atoms with Crippen molar-refractivity contribution in [2.24, 2.45) is 0 Å².